The summed E-state index contributed by atoms with van der Waals surface area (Å²) in [5.41, 5.74) is 3.26. The number of benzene rings is 1. The highest BCUT2D eigenvalue weighted by Gasteiger charge is 2.04. The van der Waals surface area contributed by atoms with Gasteiger partial charge in [0.2, 0.25) is 0 Å². The molecule has 0 aliphatic heterocycles. The summed E-state index contributed by atoms with van der Waals surface area (Å²) in [6, 6.07) is 12.2. The van der Waals surface area contributed by atoms with E-state index in [9.17, 15) is 0 Å². The van der Waals surface area contributed by atoms with Crippen LogP contribution in [0.3, 0.4) is 0 Å². The van der Waals surface area contributed by atoms with E-state index in [0.717, 1.165) is 16.1 Å². The molecule has 1 aromatic carbocycles. The van der Waals surface area contributed by atoms with Gasteiger partial charge in [-0.05, 0) is 48.7 Å². The Kier molecular flexibility index (Phi) is 3.33. The van der Waals surface area contributed by atoms with Crippen molar-refractivity contribution in [2.24, 2.45) is 0 Å². The monoisotopic (exact) mass is 267 g/mol. The number of anilines is 1. The van der Waals surface area contributed by atoms with Crippen LogP contribution in [0.5, 0.6) is 0 Å². The second-order valence-electron chi connectivity index (χ2n) is 4.22. The third-order valence-corrected chi connectivity index (χ3v) is 3.70. The van der Waals surface area contributed by atoms with Gasteiger partial charge >= 0.3 is 0 Å². The van der Waals surface area contributed by atoms with Crippen LogP contribution in [0.2, 0.25) is 0 Å². The second-order valence-corrected chi connectivity index (χ2v) is 5.10. The molecule has 0 radical (unpaired) electrons. The van der Waals surface area contributed by atoms with Crippen LogP contribution in [-0.2, 0) is 0 Å². The molecule has 0 aliphatic rings. The van der Waals surface area contributed by atoms with Crippen molar-refractivity contribution in [3.63, 3.8) is 0 Å². The van der Waals surface area contributed by atoms with Crippen LogP contribution in [0, 0.1) is 6.92 Å². The Morgan fingerprint density at radius 2 is 1.95 bits per heavy atom. The number of hydrogen-bond donors (Lipinski definition) is 1. The van der Waals surface area contributed by atoms with Gasteiger partial charge in [0.15, 0.2) is 0 Å². The average molecular weight is 267 g/mol. The standard InChI is InChI=1S/C15H13N3S/c1-11-6-7-14(15-13(11)5-3-9-17-15)18-19-12-4-2-8-16-10-12/h2-10,18H,1H3. The Labute approximate surface area is 116 Å². The zero-order valence-corrected chi connectivity index (χ0v) is 11.3. The molecule has 0 atom stereocenters. The van der Waals surface area contributed by atoms with Crippen molar-refractivity contribution < 1.29 is 0 Å². The van der Waals surface area contributed by atoms with Crippen LogP contribution in [0.15, 0.2) is 59.9 Å². The number of pyridine rings is 2. The van der Waals surface area contributed by atoms with E-state index in [4.69, 9.17) is 0 Å². The number of nitrogens with zero attached hydrogens (tertiary/aromatic N) is 2. The summed E-state index contributed by atoms with van der Waals surface area (Å²) in [5.74, 6) is 0. The third kappa shape index (κ3) is 2.53. The number of nitrogens with one attached hydrogen (secondary N) is 1. The molecule has 0 saturated heterocycles. The lowest BCUT2D eigenvalue weighted by molar-refractivity contribution is 1.24. The molecule has 0 fully saturated rings. The Hall–Kier alpha value is -2.07. The molecule has 94 valence electrons. The number of rotatable bonds is 3. The first-order chi connectivity index (χ1) is 9.34. The van der Waals surface area contributed by atoms with E-state index in [1.54, 1.807) is 18.1 Å². The van der Waals surface area contributed by atoms with Crippen LogP contribution in [0.25, 0.3) is 10.9 Å². The summed E-state index contributed by atoms with van der Waals surface area (Å²) in [6.07, 6.45) is 5.43. The molecule has 1 N–H and O–H groups in total. The minimum atomic E-state index is 0.999. The lowest BCUT2D eigenvalue weighted by Gasteiger charge is -2.09. The quantitative estimate of drug-likeness (QED) is 0.726. The fourth-order valence-corrected chi connectivity index (χ4v) is 2.57. The Bertz CT molecular complexity index is 698. The maximum absolute atomic E-state index is 4.46. The van der Waals surface area contributed by atoms with Gasteiger partial charge in [-0.25, -0.2) is 0 Å². The SMILES string of the molecule is Cc1ccc(NSc2cccnc2)c2ncccc12. The molecule has 0 spiro atoms. The topological polar surface area (TPSA) is 37.8 Å². The summed E-state index contributed by atoms with van der Waals surface area (Å²) in [4.78, 5) is 9.64. The van der Waals surface area contributed by atoms with Gasteiger partial charge in [-0.2, -0.15) is 0 Å². The first-order valence-corrected chi connectivity index (χ1v) is 6.83. The normalized spacial score (nSPS) is 10.6. The maximum atomic E-state index is 4.46. The van der Waals surface area contributed by atoms with E-state index in [2.05, 4.69) is 39.8 Å². The lowest BCUT2D eigenvalue weighted by Crippen LogP contribution is -1.91. The summed E-state index contributed by atoms with van der Waals surface area (Å²) < 4.78 is 3.35. The smallest absolute Gasteiger partial charge is 0.0944 e. The molecule has 0 amide bonds. The van der Waals surface area contributed by atoms with E-state index in [1.807, 2.05) is 30.6 Å². The first-order valence-electron chi connectivity index (χ1n) is 6.02. The van der Waals surface area contributed by atoms with Crippen molar-refractivity contribution >= 4 is 28.5 Å². The predicted octanol–water partition coefficient (Wildman–Crippen LogP) is 4.06. The van der Waals surface area contributed by atoms with Crippen LogP contribution in [-0.4, -0.2) is 9.97 Å². The zero-order chi connectivity index (χ0) is 13.1. The molecule has 3 rings (SSSR count). The molecular weight excluding hydrogens is 254 g/mol. The maximum Gasteiger partial charge on any atom is 0.0944 e. The van der Waals surface area contributed by atoms with Crippen molar-refractivity contribution in [3.8, 4) is 0 Å². The van der Waals surface area contributed by atoms with Crippen LogP contribution >= 0.6 is 11.9 Å². The molecule has 19 heavy (non-hydrogen) atoms. The molecule has 4 heteroatoms. The molecule has 0 unspecified atom stereocenters. The van der Waals surface area contributed by atoms with Crippen molar-refractivity contribution in [1.29, 1.82) is 0 Å². The van der Waals surface area contributed by atoms with Crippen LogP contribution < -0.4 is 4.72 Å². The van der Waals surface area contributed by atoms with Crippen molar-refractivity contribution in [2.75, 3.05) is 4.72 Å². The van der Waals surface area contributed by atoms with E-state index in [-0.39, 0.29) is 0 Å². The fraction of sp³-hybridized carbons (Fsp3) is 0.0667. The fourth-order valence-electron chi connectivity index (χ4n) is 1.92. The largest absolute Gasteiger partial charge is 0.324 e. The number of aryl methyl sites for hydroxylation is 1. The van der Waals surface area contributed by atoms with Crippen molar-refractivity contribution in [1.82, 2.24) is 9.97 Å². The molecule has 3 nitrogen and oxygen atoms in total. The molecule has 2 heterocycles. The molecule has 0 bridgehead atoms. The average Bonchev–Trinajstić information content (AvgIpc) is 2.48. The molecule has 2 aromatic heterocycles. The van der Waals surface area contributed by atoms with Gasteiger partial charge in [0.05, 0.1) is 11.2 Å². The van der Waals surface area contributed by atoms with E-state index in [1.165, 1.54) is 10.9 Å². The minimum absolute atomic E-state index is 0.999. The van der Waals surface area contributed by atoms with Gasteiger partial charge < -0.3 is 4.72 Å². The van der Waals surface area contributed by atoms with Crippen LogP contribution in [0.4, 0.5) is 5.69 Å². The summed E-state index contributed by atoms with van der Waals surface area (Å²) in [7, 11) is 0. The summed E-state index contributed by atoms with van der Waals surface area (Å²) in [5, 5.41) is 1.18. The molecule has 0 aliphatic carbocycles. The van der Waals surface area contributed by atoms with Crippen molar-refractivity contribution in [2.45, 2.75) is 11.8 Å². The van der Waals surface area contributed by atoms with Gasteiger partial charge in [0, 0.05) is 28.9 Å². The number of fused-ring (bicyclic) bond motifs is 1. The lowest BCUT2D eigenvalue weighted by atomic mass is 10.1. The molecule has 3 aromatic rings. The molecular formula is C15H13N3S. The third-order valence-electron chi connectivity index (χ3n) is 2.90. The highest BCUT2D eigenvalue weighted by Crippen LogP contribution is 2.28. The zero-order valence-electron chi connectivity index (χ0n) is 10.5. The Morgan fingerprint density at radius 3 is 2.79 bits per heavy atom. The van der Waals surface area contributed by atoms with Crippen molar-refractivity contribution in [3.05, 3.63) is 60.6 Å². The number of aromatic nitrogens is 2. The summed E-state index contributed by atoms with van der Waals surface area (Å²) >= 11 is 1.54. The Balaban J connectivity index is 1.91. The summed E-state index contributed by atoms with van der Waals surface area (Å²) in [6.45, 7) is 2.10. The van der Waals surface area contributed by atoms with Gasteiger partial charge in [0.25, 0.3) is 0 Å². The van der Waals surface area contributed by atoms with Gasteiger partial charge in [-0.1, -0.05) is 12.1 Å². The first kappa shape index (κ1) is 12.0. The minimum Gasteiger partial charge on any atom is -0.324 e. The van der Waals surface area contributed by atoms with E-state index < -0.39 is 0 Å². The number of hydrogen-bond acceptors (Lipinski definition) is 4. The predicted molar refractivity (Wildman–Crippen MR) is 80.2 cm³/mol. The second kappa shape index (κ2) is 5.28. The highest BCUT2D eigenvalue weighted by atomic mass is 32.2. The van der Waals surface area contributed by atoms with Gasteiger partial charge in [-0.3, -0.25) is 9.97 Å². The Morgan fingerprint density at radius 1 is 1.05 bits per heavy atom. The van der Waals surface area contributed by atoms with Gasteiger partial charge in [0.1, 0.15) is 0 Å². The molecule has 0 saturated carbocycles. The highest BCUT2D eigenvalue weighted by molar-refractivity contribution is 8.00. The van der Waals surface area contributed by atoms with Gasteiger partial charge in [-0.15, -0.1) is 0 Å². The van der Waals surface area contributed by atoms with E-state index >= 15 is 0 Å². The van der Waals surface area contributed by atoms with Crippen LogP contribution in [0.1, 0.15) is 5.56 Å². The van der Waals surface area contributed by atoms with E-state index in [0.29, 0.717) is 0 Å².